The van der Waals surface area contributed by atoms with Gasteiger partial charge in [0.05, 0.1) is 4.92 Å². The maximum absolute atomic E-state index is 11.1. The van der Waals surface area contributed by atoms with Gasteiger partial charge in [-0.1, -0.05) is 0 Å². The Hall–Kier alpha value is -1.92. The third kappa shape index (κ3) is 2.20. The fraction of sp³-hybridized carbons (Fsp3) is 0.667. The highest BCUT2D eigenvalue weighted by molar-refractivity contribution is 5.69. The van der Waals surface area contributed by atoms with E-state index in [0.29, 0.717) is 11.2 Å². The molecule has 0 bridgehead atoms. The second-order valence-electron chi connectivity index (χ2n) is 5.42. The van der Waals surface area contributed by atoms with E-state index in [2.05, 4.69) is 20.6 Å². The lowest BCUT2D eigenvalue weighted by atomic mass is 10.0. The molecule has 7 nitrogen and oxygen atoms in total. The summed E-state index contributed by atoms with van der Waals surface area (Å²) in [6.45, 7) is 0.776. The summed E-state index contributed by atoms with van der Waals surface area (Å²) in [6, 6.07) is 0. The molecule has 102 valence electrons. The number of hydrogen-bond acceptors (Lipinski definition) is 6. The van der Waals surface area contributed by atoms with E-state index in [4.69, 9.17) is 0 Å². The van der Waals surface area contributed by atoms with Crippen LogP contribution in [-0.2, 0) is 0 Å². The summed E-state index contributed by atoms with van der Waals surface area (Å²) in [5, 5.41) is 17.0. The Morgan fingerprint density at radius 1 is 1.42 bits per heavy atom. The molecule has 0 aliphatic heterocycles. The minimum atomic E-state index is -0.440. The molecule has 0 radical (unpaired) electrons. The molecule has 2 fully saturated rings. The molecular formula is C12H17N5O2. The first kappa shape index (κ1) is 12.1. The first-order chi connectivity index (χ1) is 9.16. The molecule has 0 atom stereocenters. The smallest absolute Gasteiger partial charge is 0.353 e. The summed E-state index contributed by atoms with van der Waals surface area (Å²) in [4.78, 5) is 18.6. The molecule has 1 aromatic heterocycles. The SMILES string of the molecule is CNc1ncnc(NCC2(C3CC3)CC2)c1[N+](=O)[O-]. The van der Waals surface area contributed by atoms with Gasteiger partial charge in [-0.05, 0) is 37.0 Å². The standard InChI is InChI=1S/C12H17N5O2/c1-13-10-9(17(18)19)11(16-7-15-10)14-6-12(4-5-12)8-2-3-8/h7-8H,2-6H2,1H3,(H2,13,14,15,16). The number of hydrogen-bond donors (Lipinski definition) is 2. The van der Waals surface area contributed by atoms with Gasteiger partial charge >= 0.3 is 5.69 Å². The second kappa shape index (κ2) is 4.32. The average Bonchev–Trinajstić information content (AvgIpc) is 3.27. The molecule has 0 unspecified atom stereocenters. The van der Waals surface area contributed by atoms with E-state index in [9.17, 15) is 10.1 Å². The number of rotatable bonds is 6. The summed E-state index contributed by atoms with van der Waals surface area (Å²) in [7, 11) is 1.62. The van der Waals surface area contributed by atoms with Gasteiger partial charge in [0.2, 0.25) is 11.6 Å². The van der Waals surface area contributed by atoms with E-state index < -0.39 is 4.92 Å². The van der Waals surface area contributed by atoms with Gasteiger partial charge in [-0.15, -0.1) is 0 Å². The van der Waals surface area contributed by atoms with Crippen LogP contribution in [0.5, 0.6) is 0 Å². The molecular weight excluding hydrogens is 246 g/mol. The van der Waals surface area contributed by atoms with E-state index in [0.717, 1.165) is 12.5 Å². The van der Waals surface area contributed by atoms with E-state index in [-0.39, 0.29) is 11.5 Å². The molecule has 2 aliphatic rings. The number of anilines is 2. The minimum Gasteiger partial charge on any atom is -0.367 e. The van der Waals surface area contributed by atoms with Crippen LogP contribution >= 0.6 is 0 Å². The van der Waals surface area contributed by atoms with Crippen molar-refractivity contribution in [1.29, 1.82) is 0 Å². The maximum Gasteiger partial charge on any atom is 0.353 e. The van der Waals surface area contributed by atoms with Crippen LogP contribution in [-0.4, -0.2) is 28.5 Å². The molecule has 0 saturated heterocycles. The number of nitrogens with zero attached hydrogens (tertiary/aromatic N) is 3. The van der Waals surface area contributed by atoms with Crippen LogP contribution < -0.4 is 10.6 Å². The molecule has 2 saturated carbocycles. The summed E-state index contributed by atoms with van der Waals surface area (Å²) < 4.78 is 0. The van der Waals surface area contributed by atoms with E-state index >= 15 is 0 Å². The van der Waals surface area contributed by atoms with Crippen LogP contribution in [0.1, 0.15) is 25.7 Å². The van der Waals surface area contributed by atoms with Gasteiger partial charge in [0.1, 0.15) is 6.33 Å². The Bertz CT molecular complexity index is 511. The van der Waals surface area contributed by atoms with Gasteiger partial charge in [0.15, 0.2) is 0 Å². The third-order valence-corrected chi connectivity index (χ3v) is 4.19. The zero-order valence-electron chi connectivity index (χ0n) is 10.8. The van der Waals surface area contributed by atoms with E-state index in [1.165, 1.54) is 32.0 Å². The predicted octanol–water partition coefficient (Wildman–Crippen LogP) is 2.03. The molecule has 2 N–H and O–H groups in total. The van der Waals surface area contributed by atoms with Crippen molar-refractivity contribution in [3.63, 3.8) is 0 Å². The fourth-order valence-corrected chi connectivity index (χ4v) is 2.71. The lowest BCUT2D eigenvalue weighted by Crippen LogP contribution is -2.19. The average molecular weight is 263 g/mol. The number of nitrogens with one attached hydrogen (secondary N) is 2. The van der Waals surface area contributed by atoms with Crippen molar-refractivity contribution < 1.29 is 4.92 Å². The molecule has 1 heterocycles. The lowest BCUT2D eigenvalue weighted by Gasteiger charge is -2.15. The zero-order valence-corrected chi connectivity index (χ0v) is 10.8. The highest BCUT2D eigenvalue weighted by Crippen LogP contribution is 2.61. The van der Waals surface area contributed by atoms with Gasteiger partial charge in [-0.2, -0.15) is 0 Å². The van der Waals surface area contributed by atoms with Crippen LogP contribution in [0, 0.1) is 21.4 Å². The normalized spacial score (nSPS) is 19.8. The van der Waals surface area contributed by atoms with Crippen molar-refractivity contribution in [3.8, 4) is 0 Å². The van der Waals surface area contributed by atoms with Crippen molar-refractivity contribution in [2.75, 3.05) is 24.2 Å². The van der Waals surface area contributed by atoms with E-state index in [1.807, 2.05) is 0 Å². The Kier molecular flexibility index (Phi) is 2.76. The maximum atomic E-state index is 11.1. The molecule has 0 spiro atoms. The molecule has 0 aromatic carbocycles. The molecule has 1 aromatic rings. The second-order valence-corrected chi connectivity index (χ2v) is 5.42. The van der Waals surface area contributed by atoms with Crippen molar-refractivity contribution in [3.05, 3.63) is 16.4 Å². The fourth-order valence-electron chi connectivity index (χ4n) is 2.71. The molecule has 0 amide bonds. The van der Waals surface area contributed by atoms with Crippen LogP contribution in [0.2, 0.25) is 0 Å². The summed E-state index contributed by atoms with van der Waals surface area (Å²) in [5.74, 6) is 1.37. The Labute approximate surface area is 111 Å². The minimum absolute atomic E-state index is 0.0726. The predicted molar refractivity (Wildman–Crippen MR) is 71.1 cm³/mol. The topological polar surface area (TPSA) is 93.0 Å². The van der Waals surface area contributed by atoms with Crippen molar-refractivity contribution in [1.82, 2.24) is 9.97 Å². The van der Waals surface area contributed by atoms with Gasteiger partial charge in [-0.3, -0.25) is 10.1 Å². The van der Waals surface area contributed by atoms with Crippen LogP contribution in [0.15, 0.2) is 6.33 Å². The summed E-state index contributed by atoms with van der Waals surface area (Å²) in [5.41, 5.74) is 0.301. The molecule has 7 heteroatoms. The van der Waals surface area contributed by atoms with Gasteiger partial charge in [0, 0.05) is 13.6 Å². The molecule has 3 rings (SSSR count). The van der Waals surface area contributed by atoms with Crippen LogP contribution in [0.25, 0.3) is 0 Å². The quantitative estimate of drug-likeness (QED) is 0.602. The largest absolute Gasteiger partial charge is 0.367 e. The summed E-state index contributed by atoms with van der Waals surface area (Å²) >= 11 is 0. The summed E-state index contributed by atoms with van der Waals surface area (Å²) in [6.07, 6.45) is 6.40. The highest BCUT2D eigenvalue weighted by atomic mass is 16.6. The van der Waals surface area contributed by atoms with Crippen molar-refractivity contribution in [2.45, 2.75) is 25.7 Å². The Balaban J connectivity index is 1.78. The zero-order chi connectivity index (χ0) is 13.5. The van der Waals surface area contributed by atoms with Gasteiger partial charge in [-0.25, -0.2) is 9.97 Å². The van der Waals surface area contributed by atoms with Gasteiger partial charge in [0.25, 0.3) is 0 Å². The number of nitro groups is 1. The first-order valence-electron chi connectivity index (χ1n) is 6.57. The van der Waals surface area contributed by atoms with Crippen LogP contribution in [0.4, 0.5) is 17.3 Å². The van der Waals surface area contributed by atoms with Crippen molar-refractivity contribution >= 4 is 17.3 Å². The highest BCUT2D eigenvalue weighted by Gasteiger charge is 2.53. The third-order valence-electron chi connectivity index (χ3n) is 4.19. The Morgan fingerprint density at radius 3 is 2.63 bits per heavy atom. The van der Waals surface area contributed by atoms with Crippen LogP contribution in [0.3, 0.4) is 0 Å². The molecule has 2 aliphatic carbocycles. The van der Waals surface area contributed by atoms with Gasteiger partial charge < -0.3 is 10.6 Å². The lowest BCUT2D eigenvalue weighted by molar-refractivity contribution is -0.383. The van der Waals surface area contributed by atoms with E-state index in [1.54, 1.807) is 7.05 Å². The monoisotopic (exact) mass is 263 g/mol. The number of aromatic nitrogens is 2. The first-order valence-corrected chi connectivity index (χ1v) is 6.57. The van der Waals surface area contributed by atoms with Crippen molar-refractivity contribution in [2.24, 2.45) is 11.3 Å². The molecule has 19 heavy (non-hydrogen) atoms. The Morgan fingerprint density at radius 2 is 2.11 bits per heavy atom.